The van der Waals surface area contributed by atoms with Crippen molar-refractivity contribution in [1.82, 2.24) is 4.98 Å². The second kappa shape index (κ2) is 9.28. The van der Waals surface area contributed by atoms with Crippen LogP contribution in [0.4, 0.5) is 17.2 Å². The fraction of sp³-hybridized carbons (Fsp3) is 0.0938. The van der Waals surface area contributed by atoms with Gasteiger partial charge in [0.05, 0.1) is 0 Å². The minimum atomic E-state index is -0.181. The van der Waals surface area contributed by atoms with Gasteiger partial charge in [-0.25, -0.2) is 11.1 Å². The molecule has 1 aliphatic rings. The van der Waals surface area contributed by atoms with Gasteiger partial charge >= 0.3 is 0 Å². The first-order valence-corrected chi connectivity index (χ1v) is 11.5. The van der Waals surface area contributed by atoms with Crippen molar-refractivity contribution >= 4 is 17.2 Å². The summed E-state index contributed by atoms with van der Waals surface area (Å²) in [5.41, 5.74) is 8.30. The van der Waals surface area contributed by atoms with Crippen LogP contribution in [0, 0.1) is 18.2 Å². The molecule has 0 unspecified atom stereocenters. The van der Waals surface area contributed by atoms with Crippen LogP contribution < -0.4 is 4.90 Å². The molecule has 0 amide bonds. The van der Waals surface area contributed by atoms with Crippen molar-refractivity contribution in [3.05, 3.63) is 132 Å². The number of pyridine rings is 1. The first-order chi connectivity index (χ1) is 16.6. The molecule has 1 aromatic heterocycles. The Morgan fingerprint density at radius 3 is 2.09 bits per heavy atom. The summed E-state index contributed by atoms with van der Waals surface area (Å²) in [6.07, 6.45) is 0. The van der Waals surface area contributed by atoms with Crippen molar-refractivity contribution in [2.75, 3.05) is 4.90 Å². The first-order valence-electron chi connectivity index (χ1n) is 11.5. The summed E-state index contributed by atoms with van der Waals surface area (Å²) < 4.78 is 0. The van der Waals surface area contributed by atoms with Gasteiger partial charge in [-0.15, -0.1) is 48.0 Å². The number of benzene rings is 4. The van der Waals surface area contributed by atoms with Crippen molar-refractivity contribution in [2.24, 2.45) is 0 Å². The summed E-state index contributed by atoms with van der Waals surface area (Å²) in [5.74, 6) is 0.934. The van der Waals surface area contributed by atoms with Gasteiger partial charge < -0.3 is 4.90 Å². The summed E-state index contributed by atoms with van der Waals surface area (Å²) in [4.78, 5) is 7.45. The van der Waals surface area contributed by atoms with E-state index in [1.54, 1.807) is 0 Å². The smallest absolute Gasteiger partial charge is 0.131 e. The minimum absolute atomic E-state index is 0. The molecule has 0 N–H and O–H groups in total. The Bertz CT molecular complexity index is 1480. The molecule has 0 bridgehead atoms. The molecule has 0 atom stereocenters. The number of nitrogens with zero attached hydrogens (tertiary/aromatic N) is 2. The minimum Gasteiger partial charge on any atom is -0.314 e. The zero-order chi connectivity index (χ0) is 23.1. The number of aromatic nitrogens is 1. The maximum Gasteiger partial charge on any atom is 0.131 e. The van der Waals surface area contributed by atoms with Crippen LogP contribution in [0.2, 0.25) is 0 Å². The molecule has 4 aromatic carbocycles. The average Bonchev–Trinajstić information content (AvgIpc) is 2.90. The fourth-order valence-corrected chi connectivity index (χ4v) is 4.81. The predicted octanol–water partition coefficient (Wildman–Crippen LogP) is 7.92. The molecule has 0 saturated carbocycles. The van der Waals surface area contributed by atoms with Gasteiger partial charge in [-0.1, -0.05) is 44.2 Å². The van der Waals surface area contributed by atoms with E-state index in [-0.39, 0.29) is 26.5 Å². The van der Waals surface area contributed by atoms with Crippen LogP contribution in [-0.2, 0) is 26.5 Å². The molecule has 35 heavy (non-hydrogen) atoms. The number of rotatable bonds is 3. The Kier molecular flexibility index (Phi) is 6.17. The summed E-state index contributed by atoms with van der Waals surface area (Å²) in [5, 5.41) is 0. The van der Waals surface area contributed by atoms with Crippen molar-refractivity contribution in [1.29, 1.82) is 0 Å². The van der Waals surface area contributed by atoms with Gasteiger partial charge in [-0.05, 0) is 23.0 Å². The van der Waals surface area contributed by atoms with Crippen LogP contribution in [0.3, 0.4) is 0 Å². The van der Waals surface area contributed by atoms with E-state index < -0.39 is 0 Å². The molecule has 3 heteroatoms. The second-order valence-corrected chi connectivity index (χ2v) is 9.05. The van der Waals surface area contributed by atoms with Crippen molar-refractivity contribution < 1.29 is 21.1 Å². The molecule has 0 saturated heterocycles. The Morgan fingerprint density at radius 2 is 1.34 bits per heavy atom. The van der Waals surface area contributed by atoms with Crippen LogP contribution in [0.1, 0.15) is 25.0 Å². The number of para-hydroxylation sites is 1. The van der Waals surface area contributed by atoms with Gasteiger partial charge in [0.1, 0.15) is 5.82 Å². The Hall–Kier alpha value is -3.48. The third kappa shape index (κ3) is 4.03. The fourth-order valence-electron chi connectivity index (χ4n) is 4.81. The molecule has 5 aromatic rings. The number of anilines is 3. The van der Waals surface area contributed by atoms with E-state index in [4.69, 9.17) is 4.98 Å². The van der Waals surface area contributed by atoms with Gasteiger partial charge in [-0.3, -0.25) is 4.98 Å². The molecule has 0 fully saturated rings. The number of fused-ring (bicyclic) bond motifs is 2. The molecular weight excluding hydrogens is 607 g/mol. The van der Waals surface area contributed by atoms with E-state index in [1.165, 1.54) is 11.1 Å². The van der Waals surface area contributed by atoms with E-state index in [1.807, 2.05) is 36.4 Å². The zero-order valence-electron chi connectivity index (χ0n) is 19.5. The van der Waals surface area contributed by atoms with Crippen LogP contribution in [-0.4, -0.2) is 4.98 Å². The van der Waals surface area contributed by atoms with Crippen LogP contribution in [0.15, 0.2) is 103 Å². The van der Waals surface area contributed by atoms with E-state index in [0.29, 0.717) is 0 Å². The Balaban J connectivity index is 0.00000253. The van der Waals surface area contributed by atoms with E-state index in [0.717, 1.165) is 39.6 Å². The molecule has 2 heterocycles. The molecule has 1 aliphatic heterocycles. The van der Waals surface area contributed by atoms with Crippen LogP contribution >= 0.6 is 0 Å². The second-order valence-electron chi connectivity index (χ2n) is 9.05. The normalized spacial score (nSPS) is 13.4. The predicted molar refractivity (Wildman–Crippen MR) is 138 cm³/mol. The van der Waals surface area contributed by atoms with Gasteiger partial charge in [0.25, 0.3) is 0 Å². The maximum atomic E-state index is 5.21. The Labute approximate surface area is 221 Å². The average molecular weight is 631 g/mol. The molecular formula is C32H23N2Pt-3. The standard InChI is InChI=1S/C32H23N2.Pt/c1-32(2)27-18-9-10-19-30(27)34(26-17-11-16-25(22-26)23-12-5-3-6-13-23)31-28(32)20-21-29(33-31)24-14-7-4-8-15-24;/h3-12,14,16-21H,1-2H3;/q-3;. The molecule has 0 spiro atoms. The van der Waals surface area contributed by atoms with Gasteiger partial charge in [0.15, 0.2) is 0 Å². The van der Waals surface area contributed by atoms with Crippen molar-refractivity contribution in [2.45, 2.75) is 19.3 Å². The Morgan fingerprint density at radius 1 is 0.657 bits per heavy atom. The molecule has 0 aliphatic carbocycles. The van der Waals surface area contributed by atoms with E-state index in [9.17, 15) is 0 Å². The monoisotopic (exact) mass is 630 g/mol. The summed E-state index contributed by atoms with van der Waals surface area (Å²) in [7, 11) is 0. The largest absolute Gasteiger partial charge is 0.314 e. The molecule has 6 rings (SSSR count). The van der Waals surface area contributed by atoms with Gasteiger partial charge in [-0.2, -0.15) is 42.5 Å². The first kappa shape index (κ1) is 23.3. The summed E-state index contributed by atoms with van der Waals surface area (Å²) in [6.45, 7) is 4.55. The SMILES string of the molecule is CC1(C)c2ccccc2N(c2[c-]c(-c3[c-]cccc3)ccc2)c2nc(-c3[c-]cccc3)ccc21.[Pt]. The summed E-state index contributed by atoms with van der Waals surface area (Å²) >= 11 is 0. The van der Waals surface area contributed by atoms with Gasteiger partial charge in [0, 0.05) is 37.7 Å². The number of hydrogen-bond donors (Lipinski definition) is 0. The van der Waals surface area contributed by atoms with Crippen molar-refractivity contribution in [3.8, 4) is 22.4 Å². The quantitative estimate of drug-likeness (QED) is 0.188. The number of hydrogen-bond acceptors (Lipinski definition) is 2. The molecule has 174 valence electrons. The third-order valence-electron chi connectivity index (χ3n) is 6.58. The molecule has 0 radical (unpaired) electrons. The van der Waals surface area contributed by atoms with E-state index in [2.05, 4.69) is 104 Å². The molecule has 2 nitrogen and oxygen atoms in total. The van der Waals surface area contributed by atoms with Crippen LogP contribution in [0.5, 0.6) is 0 Å². The van der Waals surface area contributed by atoms with E-state index >= 15 is 0 Å². The third-order valence-corrected chi connectivity index (χ3v) is 6.58. The summed E-state index contributed by atoms with van der Waals surface area (Å²) in [6, 6.07) is 45.5. The topological polar surface area (TPSA) is 16.1 Å². The van der Waals surface area contributed by atoms with Crippen LogP contribution in [0.25, 0.3) is 22.4 Å². The maximum absolute atomic E-state index is 5.21. The zero-order valence-corrected chi connectivity index (χ0v) is 21.8. The van der Waals surface area contributed by atoms with Gasteiger partial charge in [0.2, 0.25) is 0 Å². The van der Waals surface area contributed by atoms with Crippen molar-refractivity contribution in [3.63, 3.8) is 0 Å².